The Morgan fingerprint density at radius 2 is 0.983 bits per heavy atom. The van der Waals surface area contributed by atoms with Crippen LogP contribution in [0.15, 0.2) is 188 Å². The molecule has 3 aromatic heterocycles. The molecule has 0 radical (unpaired) electrons. The summed E-state index contributed by atoms with van der Waals surface area (Å²) >= 11 is 3.68. The Morgan fingerprint density at radius 3 is 1.80 bits per heavy atom. The maximum atomic E-state index is 5.24. The highest BCUT2D eigenvalue weighted by atomic mass is 32.1. The fourth-order valence-electron chi connectivity index (χ4n) is 8.51. The number of thiophene rings is 2. The molecule has 9 aromatic carbocycles. The van der Waals surface area contributed by atoms with E-state index in [0.29, 0.717) is 17.5 Å². The van der Waals surface area contributed by atoms with E-state index in [9.17, 15) is 0 Å². The minimum absolute atomic E-state index is 0.598. The lowest BCUT2D eigenvalue weighted by Crippen LogP contribution is -2.00. The van der Waals surface area contributed by atoms with Crippen LogP contribution in [0.25, 0.3) is 119 Å². The second-order valence-electron chi connectivity index (χ2n) is 15.0. The third-order valence-corrected chi connectivity index (χ3v) is 13.6. The summed E-state index contributed by atoms with van der Waals surface area (Å²) in [5.41, 5.74) is 9.84. The van der Waals surface area contributed by atoms with Gasteiger partial charge in [-0.3, -0.25) is 0 Å². The van der Waals surface area contributed by atoms with E-state index in [1.165, 1.54) is 68.0 Å². The van der Waals surface area contributed by atoms with E-state index in [2.05, 4.69) is 176 Å². The molecule has 3 heterocycles. The Balaban J connectivity index is 1.05. The van der Waals surface area contributed by atoms with E-state index in [4.69, 9.17) is 15.0 Å². The molecule has 12 aromatic rings. The van der Waals surface area contributed by atoms with Crippen molar-refractivity contribution in [3.8, 4) is 67.5 Å². The first kappa shape index (κ1) is 34.5. The van der Waals surface area contributed by atoms with Gasteiger partial charge in [-0.05, 0) is 111 Å². The first-order valence-corrected chi connectivity index (χ1v) is 21.5. The van der Waals surface area contributed by atoms with Crippen molar-refractivity contribution in [2.45, 2.75) is 0 Å². The quantitative estimate of drug-likeness (QED) is 0.168. The Kier molecular flexibility index (Phi) is 8.12. The van der Waals surface area contributed by atoms with Crippen LogP contribution in [0.2, 0.25) is 0 Å². The summed E-state index contributed by atoms with van der Waals surface area (Å²) in [6, 6.07) is 73.0. The van der Waals surface area contributed by atoms with Crippen molar-refractivity contribution in [2.24, 2.45) is 0 Å². The van der Waals surface area contributed by atoms with Crippen molar-refractivity contribution in [1.29, 1.82) is 0 Å². The van der Waals surface area contributed by atoms with E-state index >= 15 is 0 Å². The van der Waals surface area contributed by atoms with Crippen molar-refractivity contribution in [3.05, 3.63) is 200 Å². The molecular weight excluding hydrogens is 767 g/mol. The molecule has 0 spiro atoms. The van der Waals surface area contributed by atoms with Gasteiger partial charge in [0.1, 0.15) is 0 Å². The maximum Gasteiger partial charge on any atom is 0.164 e. The van der Waals surface area contributed by atoms with Crippen molar-refractivity contribution in [3.63, 3.8) is 0 Å². The monoisotopic (exact) mass is 797 g/mol. The molecule has 0 N–H and O–H groups in total. The zero-order valence-electron chi connectivity index (χ0n) is 32.1. The number of hydrogen-bond acceptors (Lipinski definition) is 5. The normalized spacial score (nSPS) is 11.5. The Bertz CT molecular complexity index is 3590. The summed E-state index contributed by atoms with van der Waals surface area (Å²) in [5, 5.41) is 7.47. The summed E-state index contributed by atoms with van der Waals surface area (Å²) in [6.07, 6.45) is 0. The number of rotatable bonds is 6. The van der Waals surface area contributed by atoms with Crippen LogP contribution in [0.4, 0.5) is 0 Å². The van der Waals surface area contributed by atoms with Gasteiger partial charge in [0, 0.05) is 57.0 Å². The van der Waals surface area contributed by atoms with Crippen LogP contribution in [-0.2, 0) is 0 Å². The van der Waals surface area contributed by atoms with Gasteiger partial charge in [-0.2, -0.15) is 0 Å². The molecule has 0 atom stereocenters. The zero-order chi connectivity index (χ0) is 39.6. The molecule has 0 aliphatic carbocycles. The van der Waals surface area contributed by atoms with E-state index in [1.54, 1.807) is 11.3 Å². The summed E-state index contributed by atoms with van der Waals surface area (Å²) < 4.78 is 4.99. The zero-order valence-corrected chi connectivity index (χ0v) is 33.7. The minimum atomic E-state index is 0.598. The first-order valence-electron chi connectivity index (χ1n) is 19.9. The fraction of sp³-hybridized carbons (Fsp3) is 0. The van der Waals surface area contributed by atoms with Crippen molar-refractivity contribution < 1.29 is 0 Å². The molecule has 0 aliphatic heterocycles. The molecule has 0 aliphatic rings. The predicted octanol–water partition coefficient (Wildman–Crippen LogP) is 15.4. The number of aromatic nitrogens is 3. The molecule has 0 amide bonds. The molecule has 0 fully saturated rings. The number of nitrogens with zero attached hydrogens (tertiary/aromatic N) is 3. The molecule has 0 bridgehead atoms. The van der Waals surface area contributed by atoms with E-state index < -0.39 is 0 Å². The smallest absolute Gasteiger partial charge is 0.164 e. The maximum absolute atomic E-state index is 5.24. The number of fused-ring (bicyclic) bond motifs is 7. The molecule has 0 saturated carbocycles. The molecule has 5 heteroatoms. The molecule has 0 saturated heterocycles. The highest BCUT2D eigenvalue weighted by Gasteiger charge is 2.19. The molecular formula is C55H31N3S2. The predicted molar refractivity (Wildman–Crippen MR) is 253 cm³/mol. The van der Waals surface area contributed by atoms with Crippen LogP contribution in [0.1, 0.15) is 0 Å². The van der Waals surface area contributed by atoms with Crippen LogP contribution in [0, 0.1) is 12.1 Å². The van der Waals surface area contributed by atoms with E-state index in [0.717, 1.165) is 33.2 Å². The highest BCUT2D eigenvalue weighted by molar-refractivity contribution is 7.26. The Labute approximate surface area is 354 Å². The average molecular weight is 798 g/mol. The van der Waals surface area contributed by atoms with Crippen molar-refractivity contribution in [1.82, 2.24) is 15.0 Å². The minimum Gasteiger partial charge on any atom is -0.208 e. The third-order valence-electron chi connectivity index (χ3n) is 11.4. The average Bonchev–Trinajstić information content (AvgIpc) is 3.88. The third kappa shape index (κ3) is 5.93. The molecule has 278 valence electrons. The van der Waals surface area contributed by atoms with E-state index in [1.807, 2.05) is 35.6 Å². The summed E-state index contributed by atoms with van der Waals surface area (Å²) in [7, 11) is 0. The van der Waals surface area contributed by atoms with Crippen LogP contribution in [-0.4, -0.2) is 15.0 Å². The molecule has 3 nitrogen and oxygen atoms in total. The second kappa shape index (κ2) is 14.1. The summed E-state index contributed by atoms with van der Waals surface area (Å²) in [5.74, 6) is 1.85. The lowest BCUT2D eigenvalue weighted by molar-refractivity contribution is 1.08. The number of hydrogen-bond donors (Lipinski definition) is 0. The Morgan fingerprint density at radius 1 is 0.333 bits per heavy atom. The summed E-state index contributed by atoms with van der Waals surface area (Å²) in [6.45, 7) is 0. The topological polar surface area (TPSA) is 38.7 Å². The van der Waals surface area contributed by atoms with Crippen LogP contribution < -0.4 is 0 Å². The highest BCUT2D eigenvalue weighted by Crippen LogP contribution is 2.46. The van der Waals surface area contributed by atoms with Crippen molar-refractivity contribution >= 4 is 73.8 Å². The van der Waals surface area contributed by atoms with Crippen LogP contribution in [0.3, 0.4) is 0 Å². The lowest BCUT2D eigenvalue weighted by Gasteiger charge is -2.11. The standard InChI is InChI=1S/C55H31N3S2/c1-4-14-34(15-5-1)37-22-12-23-41(28-37)54-56-53(36-18-8-3-9-19-36)57-55(58-54)43-24-13-25-48-51(43)45-30-40(26-27-47(45)59-48)42-31-44(35-16-6-2-7-17-35)52-46-29-38-20-10-11-21-39(38)32-49(46)60-50(52)33-42/h1-2,4-8,10-33H. The van der Waals surface area contributed by atoms with Crippen LogP contribution >= 0.6 is 22.7 Å². The van der Waals surface area contributed by atoms with E-state index in [-0.39, 0.29) is 0 Å². The van der Waals surface area contributed by atoms with Gasteiger partial charge in [-0.15, -0.1) is 22.7 Å². The molecule has 12 rings (SSSR count). The lowest BCUT2D eigenvalue weighted by atomic mass is 9.93. The molecule has 0 unspecified atom stereocenters. The van der Waals surface area contributed by atoms with Gasteiger partial charge in [0.15, 0.2) is 17.5 Å². The second-order valence-corrected chi connectivity index (χ2v) is 17.2. The van der Waals surface area contributed by atoms with Gasteiger partial charge in [0.05, 0.1) is 0 Å². The summed E-state index contributed by atoms with van der Waals surface area (Å²) in [4.78, 5) is 15.5. The number of benzene rings is 8. The fourth-order valence-corrected chi connectivity index (χ4v) is 10.8. The van der Waals surface area contributed by atoms with Gasteiger partial charge in [0.2, 0.25) is 0 Å². The largest absolute Gasteiger partial charge is 0.208 e. The van der Waals surface area contributed by atoms with Crippen LogP contribution in [0.5, 0.6) is 0 Å². The SMILES string of the molecule is c1ccc(-c2nc(-c3cccc(-c4ccccc4)c3)nc(-c3cccc4sc5ccc(-c6cc(-c7ccccc7)c7c(c6)sc6cc8ccccc8cc67)cc5c34)n2)cc#1. The van der Waals surface area contributed by atoms with Gasteiger partial charge < -0.3 is 0 Å². The van der Waals surface area contributed by atoms with Gasteiger partial charge in [0.25, 0.3) is 0 Å². The first-order chi connectivity index (χ1) is 29.7. The van der Waals surface area contributed by atoms with Gasteiger partial charge >= 0.3 is 0 Å². The molecule has 60 heavy (non-hydrogen) atoms. The van der Waals surface area contributed by atoms with Gasteiger partial charge in [-0.1, -0.05) is 133 Å². The van der Waals surface area contributed by atoms with Crippen molar-refractivity contribution in [2.75, 3.05) is 0 Å². The Hall–Kier alpha value is -7.49. The van der Waals surface area contributed by atoms with Gasteiger partial charge in [-0.25, -0.2) is 15.0 Å².